The summed E-state index contributed by atoms with van der Waals surface area (Å²) in [6, 6.07) is 5.50. The van der Waals surface area contributed by atoms with Gasteiger partial charge in [-0.15, -0.1) is 0 Å². The number of hydrogen-bond donors (Lipinski definition) is 1. The van der Waals surface area contributed by atoms with Gasteiger partial charge < -0.3 is 20.3 Å². The third-order valence-corrected chi connectivity index (χ3v) is 3.86. The molecular formula is C16H25N3O2. The quantitative estimate of drug-likeness (QED) is 0.863. The molecule has 2 rings (SSSR count). The van der Waals surface area contributed by atoms with Crippen molar-refractivity contribution in [2.45, 2.75) is 26.3 Å². The van der Waals surface area contributed by atoms with Gasteiger partial charge in [-0.2, -0.15) is 0 Å². The van der Waals surface area contributed by atoms with Crippen molar-refractivity contribution in [3.63, 3.8) is 0 Å². The van der Waals surface area contributed by atoms with E-state index in [1.54, 1.807) is 18.2 Å². The number of likely N-dealkylation sites (N-methyl/N-ethyl adjacent to an activating group) is 1. The number of carbonyl (C=O) groups excluding carboxylic acids is 1. The number of amides is 1. The van der Waals surface area contributed by atoms with Gasteiger partial charge in [0.15, 0.2) is 0 Å². The molecule has 0 saturated carbocycles. The Labute approximate surface area is 126 Å². The normalized spacial score (nSPS) is 20.1. The number of benzene rings is 1. The standard InChI is InChI=1S/C16H25N3O2/c1-4-21-15-7-6-13(10-14(15)17)16(20)19-9-5-8-18(3)11-12(19)2/h6-7,10,12H,4-5,8-9,11,17H2,1-3H3. The summed E-state index contributed by atoms with van der Waals surface area (Å²) in [6.07, 6.45) is 0.999. The molecule has 0 radical (unpaired) electrons. The fourth-order valence-electron chi connectivity index (χ4n) is 2.81. The second-order valence-corrected chi connectivity index (χ2v) is 5.65. The largest absolute Gasteiger partial charge is 0.492 e. The predicted molar refractivity (Wildman–Crippen MR) is 84.6 cm³/mol. The number of nitrogens with zero attached hydrogens (tertiary/aromatic N) is 2. The van der Waals surface area contributed by atoms with Crippen molar-refractivity contribution in [2.75, 3.05) is 39.0 Å². The molecule has 0 spiro atoms. The molecule has 0 aromatic heterocycles. The zero-order chi connectivity index (χ0) is 15.4. The van der Waals surface area contributed by atoms with E-state index in [0.29, 0.717) is 23.6 Å². The van der Waals surface area contributed by atoms with E-state index in [0.717, 1.165) is 26.1 Å². The van der Waals surface area contributed by atoms with Crippen LogP contribution in [0.1, 0.15) is 30.6 Å². The maximum Gasteiger partial charge on any atom is 0.254 e. The Morgan fingerprint density at radius 1 is 1.43 bits per heavy atom. The SMILES string of the molecule is CCOc1ccc(C(=O)N2CCCN(C)CC2C)cc1N. The molecule has 1 aliphatic rings. The van der Waals surface area contributed by atoms with Gasteiger partial charge in [-0.1, -0.05) is 0 Å². The number of rotatable bonds is 3. The first-order valence-electron chi connectivity index (χ1n) is 7.54. The molecule has 0 aliphatic carbocycles. The van der Waals surface area contributed by atoms with Gasteiger partial charge >= 0.3 is 0 Å². The molecule has 0 bridgehead atoms. The van der Waals surface area contributed by atoms with Crippen molar-refractivity contribution in [2.24, 2.45) is 0 Å². The molecule has 21 heavy (non-hydrogen) atoms. The predicted octanol–water partition coefficient (Wildman–Crippen LogP) is 1.83. The number of anilines is 1. The summed E-state index contributed by atoms with van der Waals surface area (Å²) < 4.78 is 5.42. The molecule has 1 aliphatic heterocycles. The van der Waals surface area contributed by atoms with Gasteiger partial charge in [-0.05, 0) is 52.1 Å². The molecule has 5 heteroatoms. The van der Waals surface area contributed by atoms with Crippen LogP contribution in [0.4, 0.5) is 5.69 Å². The summed E-state index contributed by atoms with van der Waals surface area (Å²) >= 11 is 0. The van der Waals surface area contributed by atoms with Gasteiger partial charge in [0.1, 0.15) is 5.75 Å². The van der Waals surface area contributed by atoms with E-state index in [2.05, 4.69) is 18.9 Å². The van der Waals surface area contributed by atoms with Gasteiger partial charge in [0.2, 0.25) is 0 Å². The fraction of sp³-hybridized carbons (Fsp3) is 0.562. The van der Waals surface area contributed by atoms with Gasteiger partial charge in [-0.3, -0.25) is 4.79 Å². The summed E-state index contributed by atoms with van der Waals surface area (Å²) in [7, 11) is 2.10. The van der Waals surface area contributed by atoms with E-state index < -0.39 is 0 Å². The Bertz CT molecular complexity index is 504. The van der Waals surface area contributed by atoms with Crippen LogP contribution in [0.3, 0.4) is 0 Å². The summed E-state index contributed by atoms with van der Waals surface area (Å²) in [6.45, 7) is 7.29. The number of nitrogen functional groups attached to an aromatic ring is 1. The van der Waals surface area contributed by atoms with E-state index in [4.69, 9.17) is 10.5 Å². The Hall–Kier alpha value is -1.75. The lowest BCUT2D eigenvalue weighted by Crippen LogP contribution is -2.42. The van der Waals surface area contributed by atoms with Crippen LogP contribution >= 0.6 is 0 Å². The van der Waals surface area contributed by atoms with E-state index >= 15 is 0 Å². The number of ether oxygens (including phenoxy) is 1. The molecule has 1 aromatic rings. The number of nitrogens with two attached hydrogens (primary N) is 1. The topological polar surface area (TPSA) is 58.8 Å². The first-order chi connectivity index (χ1) is 10.0. The third kappa shape index (κ3) is 3.67. The average molecular weight is 291 g/mol. The smallest absolute Gasteiger partial charge is 0.254 e. The van der Waals surface area contributed by atoms with Crippen molar-refractivity contribution in [3.8, 4) is 5.75 Å². The molecule has 1 heterocycles. The minimum atomic E-state index is 0.0487. The summed E-state index contributed by atoms with van der Waals surface area (Å²) in [4.78, 5) is 16.9. The molecule has 1 atom stereocenters. The Kier molecular flexibility index (Phi) is 5.07. The minimum absolute atomic E-state index is 0.0487. The third-order valence-electron chi connectivity index (χ3n) is 3.86. The van der Waals surface area contributed by atoms with Crippen LogP contribution < -0.4 is 10.5 Å². The van der Waals surface area contributed by atoms with Gasteiger partial charge in [-0.25, -0.2) is 0 Å². The molecule has 1 saturated heterocycles. The van der Waals surface area contributed by atoms with Crippen LogP contribution in [0.25, 0.3) is 0 Å². The number of hydrogen-bond acceptors (Lipinski definition) is 4. The summed E-state index contributed by atoms with van der Waals surface area (Å²) in [5.74, 6) is 0.685. The lowest BCUT2D eigenvalue weighted by Gasteiger charge is -2.28. The Balaban J connectivity index is 2.17. The lowest BCUT2D eigenvalue weighted by molar-refractivity contribution is 0.0696. The molecule has 116 valence electrons. The maximum absolute atomic E-state index is 12.7. The van der Waals surface area contributed by atoms with Crippen molar-refractivity contribution in [3.05, 3.63) is 23.8 Å². The van der Waals surface area contributed by atoms with E-state index in [9.17, 15) is 4.79 Å². The Morgan fingerprint density at radius 3 is 2.86 bits per heavy atom. The summed E-state index contributed by atoms with van der Waals surface area (Å²) in [5, 5.41) is 0. The van der Waals surface area contributed by atoms with Crippen LogP contribution in [-0.4, -0.2) is 55.0 Å². The molecule has 5 nitrogen and oxygen atoms in total. The first kappa shape index (κ1) is 15.6. The maximum atomic E-state index is 12.7. The van der Waals surface area contributed by atoms with Crippen LogP contribution in [0.5, 0.6) is 5.75 Å². The fourth-order valence-corrected chi connectivity index (χ4v) is 2.81. The molecule has 1 unspecified atom stereocenters. The lowest BCUT2D eigenvalue weighted by atomic mass is 10.1. The van der Waals surface area contributed by atoms with Crippen molar-refractivity contribution >= 4 is 11.6 Å². The van der Waals surface area contributed by atoms with Crippen LogP contribution in [0.15, 0.2) is 18.2 Å². The zero-order valence-corrected chi connectivity index (χ0v) is 13.1. The van der Waals surface area contributed by atoms with Gasteiger partial charge in [0.05, 0.1) is 12.3 Å². The van der Waals surface area contributed by atoms with Gasteiger partial charge in [0, 0.05) is 24.7 Å². The molecular weight excluding hydrogens is 266 g/mol. The molecule has 1 fully saturated rings. The van der Waals surface area contributed by atoms with Crippen molar-refractivity contribution in [1.29, 1.82) is 0 Å². The van der Waals surface area contributed by atoms with E-state index in [1.807, 2.05) is 11.8 Å². The average Bonchev–Trinajstić information content (AvgIpc) is 2.61. The Morgan fingerprint density at radius 2 is 2.19 bits per heavy atom. The second-order valence-electron chi connectivity index (χ2n) is 5.65. The van der Waals surface area contributed by atoms with Crippen LogP contribution in [-0.2, 0) is 0 Å². The van der Waals surface area contributed by atoms with E-state index in [1.165, 1.54) is 0 Å². The van der Waals surface area contributed by atoms with Crippen molar-refractivity contribution < 1.29 is 9.53 Å². The van der Waals surface area contributed by atoms with E-state index in [-0.39, 0.29) is 11.9 Å². The monoisotopic (exact) mass is 291 g/mol. The number of carbonyl (C=O) groups is 1. The highest BCUT2D eigenvalue weighted by Gasteiger charge is 2.25. The van der Waals surface area contributed by atoms with Crippen LogP contribution in [0, 0.1) is 0 Å². The summed E-state index contributed by atoms with van der Waals surface area (Å²) in [5.41, 5.74) is 7.11. The highest BCUT2D eigenvalue weighted by atomic mass is 16.5. The highest BCUT2D eigenvalue weighted by molar-refractivity contribution is 5.95. The molecule has 1 amide bonds. The molecule has 2 N–H and O–H groups in total. The van der Waals surface area contributed by atoms with Crippen molar-refractivity contribution in [1.82, 2.24) is 9.80 Å². The first-order valence-corrected chi connectivity index (χ1v) is 7.54. The highest BCUT2D eigenvalue weighted by Crippen LogP contribution is 2.24. The zero-order valence-electron chi connectivity index (χ0n) is 13.1. The van der Waals surface area contributed by atoms with Crippen LogP contribution in [0.2, 0.25) is 0 Å². The molecule has 1 aromatic carbocycles. The van der Waals surface area contributed by atoms with Gasteiger partial charge in [0.25, 0.3) is 5.91 Å². The minimum Gasteiger partial charge on any atom is -0.492 e. The second kappa shape index (κ2) is 6.80.